The molecule has 1 aromatic heterocycles. The van der Waals surface area contributed by atoms with Gasteiger partial charge in [0, 0.05) is 16.7 Å². The number of benzene rings is 9. The minimum atomic E-state index is -0.513. The molecule has 0 aliphatic heterocycles. The molecule has 12 rings (SSSR count). The maximum Gasteiger partial charge on any atom is 0.187 e. The molecule has 0 N–H and O–H groups in total. The fraction of sp³-hybridized carbons (Fsp3) is 0.0167. The van der Waals surface area contributed by atoms with Crippen LogP contribution in [0.2, 0.25) is 0 Å². The summed E-state index contributed by atoms with van der Waals surface area (Å²) in [5, 5.41) is 0. The van der Waals surface area contributed by atoms with Gasteiger partial charge in [-0.15, -0.1) is 0 Å². The van der Waals surface area contributed by atoms with Crippen LogP contribution < -0.4 is 0 Å². The van der Waals surface area contributed by atoms with E-state index in [0.29, 0.717) is 11.5 Å². The van der Waals surface area contributed by atoms with Crippen LogP contribution in [0.15, 0.2) is 224 Å². The average molecular weight is 800 g/mol. The number of hydrogen-bond donors (Lipinski definition) is 0. The van der Waals surface area contributed by atoms with Gasteiger partial charge in [-0.25, -0.2) is 14.8 Å². The van der Waals surface area contributed by atoms with Gasteiger partial charge in [0.2, 0.25) is 0 Å². The van der Waals surface area contributed by atoms with Crippen molar-refractivity contribution in [3.05, 3.63) is 258 Å². The van der Waals surface area contributed by atoms with Crippen LogP contribution in [0.1, 0.15) is 22.3 Å². The van der Waals surface area contributed by atoms with E-state index in [9.17, 15) is 0 Å². The Kier molecular flexibility index (Phi) is 8.45. The molecule has 9 aromatic carbocycles. The zero-order valence-electron chi connectivity index (χ0n) is 34.2. The SMILES string of the molecule is [C-]#[N+]c1ccc2c(c1)-c1c(-c3cccc(-c4nc(-c5cccc(-c6ccccc6)c5)cc(-c5cccc(-c6ccccc6)c5)n4)c3)cccc1C21c2ccccc2-c2ccccc21. The van der Waals surface area contributed by atoms with E-state index in [1.807, 2.05) is 18.2 Å². The predicted octanol–water partition coefficient (Wildman–Crippen LogP) is 15.4. The molecular weight excluding hydrogens is 763 g/mol. The summed E-state index contributed by atoms with van der Waals surface area (Å²) in [4.78, 5) is 14.6. The van der Waals surface area contributed by atoms with Crippen molar-refractivity contribution < 1.29 is 0 Å². The lowest BCUT2D eigenvalue weighted by molar-refractivity contribution is 0.794. The van der Waals surface area contributed by atoms with Gasteiger partial charge in [-0.3, -0.25) is 0 Å². The summed E-state index contributed by atoms with van der Waals surface area (Å²) in [6, 6.07) is 79.6. The fourth-order valence-electron chi connectivity index (χ4n) is 10.2. The van der Waals surface area contributed by atoms with Crippen molar-refractivity contribution in [3.8, 4) is 89.5 Å². The first-order valence-electron chi connectivity index (χ1n) is 21.3. The van der Waals surface area contributed by atoms with E-state index in [1.165, 1.54) is 33.4 Å². The Hall–Kier alpha value is -8.45. The Balaban J connectivity index is 1.05. The Morgan fingerprint density at radius 2 is 0.762 bits per heavy atom. The Labute approximate surface area is 367 Å². The van der Waals surface area contributed by atoms with Gasteiger partial charge in [0.25, 0.3) is 0 Å². The molecule has 0 saturated carbocycles. The summed E-state index contributed by atoms with van der Waals surface area (Å²) < 4.78 is 0. The van der Waals surface area contributed by atoms with Crippen LogP contribution in [0.3, 0.4) is 0 Å². The van der Waals surface area contributed by atoms with Gasteiger partial charge in [-0.05, 0) is 108 Å². The molecule has 10 aromatic rings. The number of rotatable bonds is 6. The average Bonchev–Trinajstić information content (AvgIpc) is 3.84. The molecule has 63 heavy (non-hydrogen) atoms. The molecule has 0 amide bonds. The Morgan fingerprint density at radius 3 is 1.37 bits per heavy atom. The first kappa shape index (κ1) is 36.4. The first-order chi connectivity index (χ1) is 31.2. The quantitative estimate of drug-likeness (QED) is 0.157. The highest BCUT2D eigenvalue weighted by atomic mass is 14.9. The highest BCUT2D eigenvalue weighted by Gasteiger charge is 2.52. The van der Waals surface area contributed by atoms with Crippen molar-refractivity contribution in [3.63, 3.8) is 0 Å². The summed E-state index contributed by atoms with van der Waals surface area (Å²) in [6.45, 7) is 8.05. The standard InChI is InChI=1S/C60H37N3/c1-61-47-32-33-54-51(37-47)58-48(28-15-31-55(58)60(54)52-29-10-8-26-49(52)50-27-9-11-30-53(50)60)43-22-14-25-46(36-43)59-62-56(44-23-12-20-41(34-44)39-16-4-2-5-17-39)38-57(63-59)45-24-13-21-42(35-45)40-18-6-3-7-19-40/h2-38H. The molecular formula is C60H37N3. The summed E-state index contributed by atoms with van der Waals surface area (Å²) in [7, 11) is 0. The van der Waals surface area contributed by atoms with Crippen LogP contribution in [-0.2, 0) is 5.41 Å². The fourth-order valence-corrected chi connectivity index (χ4v) is 10.2. The molecule has 1 spiro atoms. The molecule has 0 atom stereocenters. The molecule has 1 heterocycles. The minimum Gasteiger partial charge on any atom is -0.238 e. The summed E-state index contributed by atoms with van der Waals surface area (Å²) >= 11 is 0. The van der Waals surface area contributed by atoms with Gasteiger partial charge >= 0.3 is 0 Å². The van der Waals surface area contributed by atoms with E-state index in [1.54, 1.807) is 0 Å². The second-order valence-electron chi connectivity index (χ2n) is 16.3. The molecule has 0 radical (unpaired) electrons. The van der Waals surface area contributed by atoms with Gasteiger partial charge in [-0.2, -0.15) is 0 Å². The van der Waals surface area contributed by atoms with Crippen LogP contribution in [-0.4, -0.2) is 9.97 Å². The molecule has 3 heteroatoms. The second kappa shape index (κ2) is 14.6. The van der Waals surface area contributed by atoms with E-state index >= 15 is 0 Å². The lowest BCUT2D eigenvalue weighted by Crippen LogP contribution is -2.25. The van der Waals surface area contributed by atoms with Crippen LogP contribution in [0.25, 0.3) is 94.4 Å². The minimum absolute atomic E-state index is 0.513. The lowest BCUT2D eigenvalue weighted by Gasteiger charge is -2.30. The predicted molar refractivity (Wildman–Crippen MR) is 257 cm³/mol. The topological polar surface area (TPSA) is 30.1 Å². The van der Waals surface area contributed by atoms with Crippen LogP contribution >= 0.6 is 0 Å². The molecule has 3 nitrogen and oxygen atoms in total. The van der Waals surface area contributed by atoms with E-state index < -0.39 is 5.41 Å². The van der Waals surface area contributed by atoms with E-state index in [2.05, 4.69) is 211 Å². The maximum absolute atomic E-state index is 8.05. The molecule has 2 aliphatic carbocycles. The summed E-state index contributed by atoms with van der Waals surface area (Å²) in [5.74, 6) is 0.651. The van der Waals surface area contributed by atoms with E-state index in [0.717, 1.165) is 72.6 Å². The lowest BCUT2D eigenvalue weighted by atomic mass is 9.70. The first-order valence-corrected chi connectivity index (χ1v) is 21.3. The van der Waals surface area contributed by atoms with Crippen molar-refractivity contribution >= 4 is 5.69 Å². The van der Waals surface area contributed by atoms with Gasteiger partial charge < -0.3 is 0 Å². The number of fused-ring (bicyclic) bond motifs is 10. The zero-order chi connectivity index (χ0) is 41.9. The number of aromatic nitrogens is 2. The highest BCUT2D eigenvalue weighted by molar-refractivity contribution is 6.01. The number of hydrogen-bond acceptors (Lipinski definition) is 2. The third-order valence-corrected chi connectivity index (χ3v) is 12.9. The zero-order valence-corrected chi connectivity index (χ0v) is 34.2. The number of nitrogens with zero attached hydrogens (tertiary/aromatic N) is 3. The van der Waals surface area contributed by atoms with Crippen molar-refractivity contribution in [1.29, 1.82) is 0 Å². The molecule has 0 bridgehead atoms. The summed E-state index contributed by atoms with van der Waals surface area (Å²) in [5.41, 5.74) is 21.3. The third-order valence-electron chi connectivity index (χ3n) is 12.9. The van der Waals surface area contributed by atoms with Gasteiger partial charge in [0.1, 0.15) is 0 Å². The summed E-state index contributed by atoms with van der Waals surface area (Å²) in [6.07, 6.45) is 0. The van der Waals surface area contributed by atoms with Gasteiger partial charge in [0.05, 0.1) is 23.4 Å². The van der Waals surface area contributed by atoms with Gasteiger partial charge in [-0.1, -0.05) is 194 Å². The maximum atomic E-state index is 8.05. The Morgan fingerprint density at radius 1 is 0.317 bits per heavy atom. The smallest absolute Gasteiger partial charge is 0.187 e. The van der Waals surface area contributed by atoms with Crippen LogP contribution in [0, 0.1) is 6.57 Å². The van der Waals surface area contributed by atoms with Crippen LogP contribution in [0.5, 0.6) is 0 Å². The monoisotopic (exact) mass is 799 g/mol. The molecule has 0 unspecified atom stereocenters. The van der Waals surface area contributed by atoms with E-state index in [-0.39, 0.29) is 0 Å². The molecule has 0 fully saturated rings. The molecule has 292 valence electrons. The normalized spacial score (nSPS) is 12.6. The van der Waals surface area contributed by atoms with Crippen molar-refractivity contribution in [2.24, 2.45) is 0 Å². The van der Waals surface area contributed by atoms with Gasteiger partial charge in [0.15, 0.2) is 11.5 Å². The van der Waals surface area contributed by atoms with Crippen molar-refractivity contribution in [2.75, 3.05) is 0 Å². The third kappa shape index (κ3) is 5.81. The molecule has 2 aliphatic rings. The van der Waals surface area contributed by atoms with Crippen molar-refractivity contribution in [1.82, 2.24) is 9.97 Å². The Bertz CT molecular complexity index is 3320. The van der Waals surface area contributed by atoms with E-state index in [4.69, 9.17) is 16.5 Å². The largest absolute Gasteiger partial charge is 0.238 e. The second-order valence-corrected chi connectivity index (χ2v) is 16.3. The molecule has 0 saturated heterocycles. The van der Waals surface area contributed by atoms with Crippen LogP contribution in [0.4, 0.5) is 5.69 Å². The van der Waals surface area contributed by atoms with Crippen molar-refractivity contribution in [2.45, 2.75) is 5.41 Å². The highest BCUT2D eigenvalue weighted by Crippen LogP contribution is 2.64.